The highest BCUT2D eigenvalue weighted by Crippen LogP contribution is 2.18. The number of rotatable bonds is 5. The van der Waals surface area contributed by atoms with E-state index in [2.05, 4.69) is 25.5 Å². The molecule has 2 aromatic heterocycles. The summed E-state index contributed by atoms with van der Waals surface area (Å²) in [6.45, 7) is 2.81. The van der Waals surface area contributed by atoms with Gasteiger partial charge in [-0.05, 0) is 38.1 Å². The number of thiazole rings is 1. The maximum absolute atomic E-state index is 12.4. The maximum atomic E-state index is 12.4. The van der Waals surface area contributed by atoms with E-state index in [1.54, 1.807) is 24.3 Å². The summed E-state index contributed by atoms with van der Waals surface area (Å²) in [5.74, 6) is -0.347. The molecule has 0 unspecified atom stereocenters. The molecule has 0 radical (unpaired) electrons. The Labute approximate surface area is 159 Å². The molecule has 1 fully saturated rings. The zero-order valence-electron chi connectivity index (χ0n) is 14.8. The number of carbonyl (C=O) groups excluding carboxylic acids is 1. The molecule has 8 nitrogen and oxygen atoms in total. The molecule has 1 saturated heterocycles. The van der Waals surface area contributed by atoms with Crippen LogP contribution in [-0.2, 0) is 17.9 Å². The molecular formula is C18H20N6O2S. The smallest absolute Gasteiger partial charge is 0.278 e. The number of nitrogens with one attached hydrogen (secondary N) is 1. The quantitative estimate of drug-likeness (QED) is 0.722. The normalized spacial score (nSPS) is 15.1. The van der Waals surface area contributed by atoms with Crippen molar-refractivity contribution in [2.45, 2.75) is 32.4 Å². The minimum absolute atomic E-state index is 0.197. The molecule has 4 rings (SSSR count). The highest BCUT2D eigenvalue weighted by molar-refractivity contribution is 7.13. The maximum Gasteiger partial charge on any atom is 0.278 e. The van der Waals surface area contributed by atoms with Crippen LogP contribution in [0, 0.1) is 0 Å². The van der Waals surface area contributed by atoms with Crippen molar-refractivity contribution in [2.24, 2.45) is 0 Å². The Kier molecular flexibility index (Phi) is 5.21. The first-order chi connectivity index (χ1) is 13.2. The van der Waals surface area contributed by atoms with E-state index in [0.29, 0.717) is 16.0 Å². The number of amides is 1. The molecule has 0 aliphatic carbocycles. The number of nitrogens with zero attached hydrogens (tertiary/aromatic N) is 5. The van der Waals surface area contributed by atoms with E-state index in [-0.39, 0.29) is 18.0 Å². The van der Waals surface area contributed by atoms with Gasteiger partial charge in [0.15, 0.2) is 5.13 Å². The van der Waals surface area contributed by atoms with Gasteiger partial charge in [-0.3, -0.25) is 14.5 Å². The number of hydrogen-bond acceptors (Lipinski definition) is 7. The Morgan fingerprint density at radius 1 is 1.19 bits per heavy atom. The summed E-state index contributed by atoms with van der Waals surface area (Å²) in [5, 5.41) is 13.5. The van der Waals surface area contributed by atoms with Gasteiger partial charge >= 0.3 is 0 Å². The lowest BCUT2D eigenvalue weighted by atomic mass is 10.1. The summed E-state index contributed by atoms with van der Waals surface area (Å²) < 4.78 is 1.07. The zero-order chi connectivity index (χ0) is 18.6. The number of aromatic nitrogens is 4. The van der Waals surface area contributed by atoms with E-state index in [4.69, 9.17) is 0 Å². The summed E-state index contributed by atoms with van der Waals surface area (Å²) in [7, 11) is 0. The Morgan fingerprint density at radius 3 is 2.85 bits per heavy atom. The minimum atomic E-state index is -0.347. The topological polar surface area (TPSA) is 93.0 Å². The van der Waals surface area contributed by atoms with Crippen LogP contribution in [0.25, 0.3) is 10.9 Å². The van der Waals surface area contributed by atoms with Crippen molar-refractivity contribution in [1.29, 1.82) is 0 Å². The molecule has 1 amide bonds. The molecule has 0 spiro atoms. The summed E-state index contributed by atoms with van der Waals surface area (Å²) in [4.78, 5) is 31.6. The van der Waals surface area contributed by atoms with Crippen molar-refractivity contribution in [3.05, 3.63) is 45.7 Å². The lowest BCUT2D eigenvalue weighted by molar-refractivity contribution is -0.117. The average molecular weight is 384 g/mol. The number of carbonyl (C=O) groups is 1. The second kappa shape index (κ2) is 7.93. The van der Waals surface area contributed by atoms with Crippen molar-refractivity contribution in [3.8, 4) is 0 Å². The molecule has 27 heavy (non-hydrogen) atoms. The Morgan fingerprint density at radius 2 is 2.00 bits per heavy atom. The van der Waals surface area contributed by atoms with Crippen LogP contribution in [-0.4, -0.2) is 43.9 Å². The first-order valence-electron chi connectivity index (χ1n) is 8.98. The van der Waals surface area contributed by atoms with Crippen LogP contribution in [0.3, 0.4) is 0 Å². The van der Waals surface area contributed by atoms with Crippen LogP contribution in [0.5, 0.6) is 0 Å². The molecule has 1 aliphatic heterocycles. The van der Waals surface area contributed by atoms with E-state index in [1.807, 2.05) is 5.38 Å². The molecule has 3 aromatic rings. The number of hydrogen-bond donors (Lipinski definition) is 1. The molecule has 9 heteroatoms. The van der Waals surface area contributed by atoms with Crippen molar-refractivity contribution >= 4 is 33.3 Å². The number of piperidine rings is 1. The van der Waals surface area contributed by atoms with Gasteiger partial charge in [0.1, 0.15) is 12.1 Å². The number of benzene rings is 1. The van der Waals surface area contributed by atoms with Crippen molar-refractivity contribution in [3.63, 3.8) is 0 Å². The van der Waals surface area contributed by atoms with Gasteiger partial charge in [0.05, 0.1) is 11.1 Å². The van der Waals surface area contributed by atoms with Crippen LogP contribution >= 0.6 is 11.3 Å². The number of fused-ring (bicyclic) bond motifs is 1. The third-order valence-corrected chi connectivity index (χ3v) is 5.36. The van der Waals surface area contributed by atoms with Crippen LogP contribution in [0.2, 0.25) is 0 Å². The summed E-state index contributed by atoms with van der Waals surface area (Å²) >= 11 is 1.39. The first-order valence-corrected chi connectivity index (χ1v) is 9.86. The summed E-state index contributed by atoms with van der Waals surface area (Å²) in [6, 6.07) is 6.94. The standard InChI is InChI=1S/C18H20N6O2S/c25-16(11-24-17(26)14-6-2-3-7-15(14)21-22-24)20-18-19-13(12-27-18)10-23-8-4-1-5-9-23/h2-3,6-7,12H,1,4-5,8-11H2,(H,19,20,25). The molecular weight excluding hydrogens is 364 g/mol. The largest absolute Gasteiger partial charge is 0.300 e. The monoisotopic (exact) mass is 384 g/mol. The van der Waals surface area contributed by atoms with Crippen LogP contribution in [0.1, 0.15) is 25.0 Å². The molecule has 1 aromatic carbocycles. The van der Waals surface area contributed by atoms with Crippen LogP contribution < -0.4 is 10.9 Å². The minimum Gasteiger partial charge on any atom is -0.300 e. The van der Waals surface area contributed by atoms with Crippen LogP contribution in [0.15, 0.2) is 34.4 Å². The second-order valence-electron chi connectivity index (χ2n) is 6.60. The predicted molar refractivity (Wildman–Crippen MR) is 104 cm³/mol. The lowest BCUT2D eigenvalue weighted by Crippen LogP contribution is -2.30. The molecule has 1 aliphatic rings. The summed E-state index contributed by atoms with van der Waals surface area (Å²) in [6.07, 6.45) is 3.76. The Hall–Kier alpha value is -2.65. The molecule has 3 heterocycles. The number of anilines is 1. The van der Waals surface area contributed by atoms with Crippen molar-refractivity contribution < 1.29 is 4.79 Å². The SMILES string of the molecule is O=C(Cn1nnc2ccccc2c1=O)Nc1nc(CN2CCCCC2)cs1. The third-order valence-electron chi connectivity index (χ3n) is 4.56. The lowest BCUT2D eigenvalue weighted by Gasteiger charge is -2.25. The van der Waals surface area contributed by atoms with Gasteiger partial charge in [0.25, 0.3) is 5.56 Å². The average Bonchev–Trinajstić information content (AvgIpc) is 3.11. The van der Waals surface area contributed by atoms with E-state index in [9.17, 15) is 9.59 Å². The van der Waals surface area contributed by atoms with Gasteiger partial charge < -0.3 is 5.32 Å². The Balaban J connectivity index is 1.40. The highest BCUT2D eigenvalue weighted by atomic mass is 32.1. The van der Waals surface area contributed by atoms with E-state index in [1.165, 1.54) is 30.6 Å². The third kappa shape index (κ3) is 4.20. The summed E-state index contributed by atoms with van der Waals surface area (Å²) in [5.41, 5.74) is 1.14. The van der Waals surface area contributed by atoms with E-state index < -0.39 is 0 Å². The van der Waals surface area contributed by atoms with Gasteiger partial charge in [-0.1, -0.05) is 23.8 Å². The molecule has 0 saturated carbocycles. The fourth-order valence-electron chi connectivity index (χ4n) is 3.21. The zero-order valence-corrected chi connectivity index (χ0v) is 15.6. The van der Waals surface area contributed by atoms with Gasteiger partial charge in [0.2, 0.25) is 5.91 Å². The van der Waals surface area contributed by atoms with E-state index >= 15 is 0 Å². The predicted octanol–water partition coefficient (Wildman–Crippen LogP) is 1.87. The molecule has 140 valence electrons. The van der Waals surface area contributed by atoms with Gasteiger partial charge in [-0.15, -0.1) is 16.4 Å². The molecule has 0 atom stereocenters. The second-order valence-corrected chi connectivity index (χ2v) is 7.46. The molecule has 1 N–H and O–H groups in total. The van der Waals surface area contributed by atoms with Gasteiger partial charge in [0, 0.05) is 11.9 Å². The van der Waals surface area contributed by atoms with E-state index in [0.717, 1.165) is 30.0 Å². The van der Waals surface area contributed by atoms with Gasteiger partial charge in [-0.2, -0.15) is 0 Å². The van der Waals surface area contributed by atoms with Gasteiger partial charge in [-0.25, -0.2) is 9.67 Å². The highest BCUT2D eigenvalue weighted by Gasteiger charge is 2.14. The Bertz CT molecular complexity index is 1010. The number of likely N-dealkylation sites (tertiary alicyclic amines) is 1. The molecule has 0 bridgehead atoms. The van der Waals surface area contributed by atoms with Crippen molar-refractivity contribution in [2.75, 3.05) is 18.4 Å². The van der Waals surface area contributed by atoms with Crippen molar-refractivity contribution in [1.82, 2.24) is 24.9 Å². The fourth-order valence-corrected chi connectivity index (χ4v) is 3.92. The first kappa shape index (κ1) is 17.7. The van der Waals surface area contributed by atoms with Crippen LogP contribution in [0.4, 0.5) is 5.13 Å². The fraction of sp³-hybridized carbons (Fsp3) is 0.389.